The van der Waals surface area contributed by atoms with Gasteiger partial charge >= 0.3 is 0 Å². The summed E-state index contributed by atoms with van der Waals surface area (Å²) in [6.45, 7) is 1.05. The van der Waals surface area contributed by atoms with Gasteiger partial charge in [0.05, 0.1) is 24.2 Å². The second kappa shape index (κ2) is 7.78. The Balaban J connectivity index is 1.15. The number of rotatable bonds is 6. The maximum Gasteiger partial charge on any atom is 0.242 e. The van der Waals surface area contributed by atoms with Crippen LogP contribution in [0.2, 0.25) is 0 Å². The number of piperidine rings is 1. The van der Waals surface area contributed by atoms with E-state index in [0.29, 0.717) is 24.9 Å². The van der Waals surface area contributed by atoms with Crippen molar-refractivity contribution in [2.24, 2.45) is 17.6 Å². The Morgan fingerprint density at radius 1 is 1.21 bits per heavy atom. The van der Waals surface area contributed by atoms with Crippen LogP contribution in [0.1, 0.15) is 50.1 Å². The monoisotopic (exact) mass is 451 g/mol. The fourth-order valence-electron chi connectivity index (χ4n) is 6.74. The van der Waals surface area contributed by atoms with Gasteiger partial charge in [0.1, 0.15) is 11.9 Å². The Morgan fingerprint density at radius 2 is 1.97 bits per heavy atom. The van der Waals surface area contributed by atoms with E-state index in [1.54, 1.807) is 4.90 Å². The quantitative estimate of drug-likeness (QED) is 0.712. The second-order valence-electron chi connectivity index (χ2n) is 10.6. The fourth-order valence-corrected chi connectivity index (χ4v) is 6.74. The summed E-state index contributed by atoms with van der Waals surface area (Å²) in [5.41, 5.74) is 7.34. The number of benzene rings is 1. The van der Waals surface area contributed by atoms with Crippen molar-refractivity contribution < 1.29 is 14.0 Å². The molecule has 33 heavy (non-hydrogen) atoms. The van der Waals surface area contributed by atoms with Gasteiger partial charge < -0.3 is 15.5 Å². The van der Waals surface area contributed by atoms with Gasteiger partial charge in [-0.2, -0.15) is 5.26 Å². The summed E-state index contributed by atoms with van der Waals surface area (Å²) in [6.07, 6.45) is 5.83. The Hall–Kier alpha value is -2.50. The maximum atomic E-state index is 13.5. The first-order chi connectivity index (χ1) is 16.0. The van der Waals surface area contributed by atoms with Gasteiger partial charge in [-0.15, -0.1) is 0 Å². The zero-order chi connectivity index (χ0) is 22.9. The number of nitrogens with two attached hydrogens (primary N) is 1. The molecule has 2 bridgehead atoms. The van der Waals surface area contributed by atoms with Crippen LogP contribution in [0.25, 0.3) is 0 Å². The van der Waals surface area contributed by atoms with Gasteiger partial charge in [0.2, 0.25) is 11.8 Å². The molecule has 2 amide bonds. The van der Waals surface area contributed by atoms with Crippen LogP contribution in [-0.4, -0.2) is 69.8 Å². The first kappa shape index (κ1) is 21.1. The highest BCUT2D eigenvalue weighted by atomic mass is 19.1. The van der Waals surface area contributed by atoms with Gasteiger partial charge in [-0.25, -0.2) is 4.39 Å². The van der Waals surface area contributed by atoms with Crippen molar-refractivity contribution in [3.8, 4) is 6.07 Å². The highest BCUT2D eigenvalue weighted by Crippen LogP contribution is 2.49. The Bertz CT molecular complexity index is 1010. The van der Waals surface area contributed by atoms with E-state index in [1.807, 2.05) is 17.0 Å². The second-order valence-corrected chi connectivity index (χ2v) is 10.6. The minimum Gasteiger partial charge on any atom is -0.330 e. The third kappa shape index (κ3) is 3.36. The topological polar surface area (TPSA) is 93.7 Å². The summed E-state index contributed by atoms with van der Waals surface area (Å²) in [4.78, 5) is 32.4. The highest BCUT2D eigenvalue weighted by Gasteiger charge is 2.56. The lowest BCUT2D eigenvalue weighted by atomic mass is 9.76. The SMILES string of the molecule is N#C[C@@H]1C[C@@H]2CC2N1C(=O)[C@@H](N)CN1C[C@H]2C[C@@H]1C(=O)N2[C@H](c1ccc(F)cc1)C1CCC1. The van der Waals surface area contributed by atoms with Crippen molar-refractivity contribution >= 4 is 11.8 Å². The molecule has 6 rings (SSSR count). The van der Waals surface area contributed by atoms with Crippen LogP contribution in [0.15, 0.2) is 24.3 Å². The van der Waals surface area contributed by atoms with E-state index in [1.165, 1.54) is 18.6 Å². The predicted molar refractivity (Wildman–Crippen MR) is 118 cm³/mol. The number of carbonyl (C=O) groups excluding carboxylic acids is 2. The van der Waals surface area contributed by atoms with E-state index in [2.05, 4.69) is 11.0 Å². The number of hydrogen-bond donors (Lipinski definition) is 1. The van der Waals surface area contributed by atoms with Crippen molar-refractivity contribution in [1.82, 2.24) is 14.7 Å². The summed E-state index contributed by atoms with van der Waals surface area (Å²) in [5, 5.41) is 9.40. The lowest BCUT2D eigenvalue weighted by molar-refractivity contribution is -0.143. The maximum absolute atomic E-state index is 13.5. The number of piperazine rings is 1. The smallest absolute Gasteiger partial charge is 0.242 e. The van der Waals surface area contributed by atoms with Gasteiger partial charge in [0.25, 0.3) is 0 Å². The molecule has 1 aromatic carbocycles. The van der Waals surface area contributed by atoms with Crippen molar-refractivity contribution in [3.05, 3.63) is 35.6 Å². The third-order valence-electron chi connectivity index (χ3n) is 8.68. The molecule has 2 saturated carbocycles. The molecular weight excluding hydrogens is 421 g/mol. The Labute approximate surface area is 193 Å². The van der Waals surface area contributed by atoms with E-state index in [0.717, 1.165) is 37.7 Å². The molecule has 0 spiro atoms. The molecule has 5 aliphatic rings. The summed E-state index contributed by atoms with van der Waals surface area (Å²) in [6, 6.07) is 7.77. The molecule has 2 aliphatic carbocycles. The van der Waals surface area contributed by atoms with Crippen LogP contribution < -0.4 is 5.73 Å². The van der Waals surface area contributed by atoms with Crippen LogP contribution in [0, 0.1) is 29.0 Å². The van der Waals surface area contributed by atoms with E-state index in [9.17, 15) is 19.2 Å². The third-order valence-corrected chi connectivity index (χ3v) is 8.68. The largest absolute Gasteiger partial charge is 0.330 e. The summed E-state index contributed by atoms with van der Waals surface area (Å²) in [5.74, 6) is 0.557. The molecule has 8 heteroatoms. The number of likely N-dealkylation sites (tertiary alicyclic amines) is 3. The summed E-state index contributed by atoms with van der Waals surface area (Å²) < 4.78 is 13.5. The zero-order valence-corrected chi connectivity index (χ0v) is 18.6. The number of hydrogen-bond acceptors (Lipinski definition) is 5. The number of fused-ring (bicyclic) bond motifs is 3. The van der Waals surface area contributed by atoms with Crippen molar-refractivity contribution in [2.45, 2.75) is 74.8 Å². The first-order valence-electron chi connectivity index (χ1n) is 12.3. The van der Waals surface area contributed by atoms with E-state index in [4.69, 9.17) is 5.73 Å². The molecule has 0 aromatic heterocycles. The minimum absolute atomic E-state index is 0.00732. The van der Waals surface area contributed by atoms with E-state index >= 15 is 0 Å². The molecule has 3 heterocycles. The average Bonchev–Trinajstić information content (AvgIpc) is 3.11. The molecule has 2 N–H and O–H groups in total. The van der Waals surface area contributed by atoms with Gasteiger partial charge in [0, 0.05) is 25.2 Å². The summed E-state index contributed by atoms with van der Waals surface area (Å²) >= 11 is 0. The molecule has 174 valence electrons. The van der Waals surface area contributed by atoms with Crippen LogP contribution in [-0.2, 0) is 9.59 Å². The number of carbonyl (C=O) groups is 2. The van der Waals surface area contributed by atoms with Gasteiger partial charge in [-0.1, -0.05) is 18.6 Å². The molecule has 7 atom stereocenters. The Kier molecular flexibility index (Phi) is 4.96. The normalized spacial score (nSPS) is 34.7. The lowest BCUT2D eigenvalue weighted by Gasteiger charge is -2.45. The minimum atomic E-state index is -0.722. The highest BCUT2D eigenvalue weighted by molar-refractivity contribution is 5.87. The van der Waals surface area contributed by atoms with E-state index in [-0.39, 0.29) is 47.8 Å². The van der Waals surface area contributed by atoms with Gasteiger partial charge in [0.15, 0.2) is 0 Å². The standard InChI is InChI=1S/C25H30FN5O2/c26-17-6-4-15(5-7-17)23(14-2-1-3-14)31-19-10-22(25(31)33)29(12-19)13-20(28)24(32)30-18(11-27)8-16-9-21(16)30/h4-7,14,16,18-23H,1-3,8-10,12-13,28H2/t16-,18+,19-,20+,21?,22-,23+/m1/s1. The fraction of sp³-hybridized carbons (Fsp3) is 0.640. The molecular formula is C25H30FN5O2. The number of nitrogens with zero attached hydrogens (tertiary/aromatic N) is 4. The Morgan fingerprint density at radius 3 is 2.61 bits per heavy atom. The van der Waals surface area contributed by atoms with Crippen LogP contribution >= 0.6 is 0 Å². The molecule has 1 unspecified atom stereocenters. The number of amides is 2. The van der Waals surface area contributed by atoms with Gasteiger partial charge in [-0.05, 0) is 61.6 Å². The average molecular weight is 452 g/mol. The number of halogens is 1. The predicted octanol–water partition coefficient (Wildman–Crippen LogP) is 1.79. The molecule has 3 aliphatic heterocycles. The number of nitriles is 1. The van der Waals surface area contributed by atoms with Crippen molar-refractivity contribution in [3.63, 3.8) is 0 Å². The summed E-state index contributed by atoms with van der Waals surface area (Å²) in [7, 11) is 0. The molecule has 0 radical (unpaired) electrons. The van der Waals surface area contributed by atoms with Crippen LogP contribution in [0.4, 0.5) is 4.39 Å². The molecule has 5 fully saturated rings. The van der Waals surface area contributed by atoms with Crippen LogP contribution in [0.5, 0.6) is 0 Å². The first-order valence-corrected chi connectivity index (χ1v) is 12.3. The zero-order valence-electron chi connectivity index (χ0n) is 18.6. The van der Waals surface area contributed by atoms with Crippen molar-refractivity contribution in [1.29, 1.82) is 5.26 Å². The van der Waals surface area contributed by atoms with Crippen LogP contribution in [0.3, 0.4) is 0 Å². The lowest BCUT2D eigenvalue weighted by Crippen LogP contribution is -2.58. The molecule has 7 nitrogen and oxygen atoms in total. The van der Waals surface area contributed by atoms with Crippen molar-refractivity contribution in [2.75, 3.05) is 13.1 Å². The molecule has 3 saturated heterocycles. The van der Waals surface area contributed by atoms with E-state index < -0.39 is 6.04 Å². The van der Waals surface area contributed by atoms with Gasteiger partial charge in [-0.3, -0.25) is 14.5 Å². The molecule has 1 aromatic rings.